The Labute approximate surface area is 142 Å². The Morgan fingerprint density at radius 2 is 2.00 bits per heavy atom. The molecule has 6 nitrogen and oxygen atoms in total. The van der Waals surface area contributed by atoms with Gasteiger partial charge in [0.05, 0.1) is 6.61 Å². The zero-order chi connectivity index (χ0) is 17.4. The van der Waals surface area contributed by atoms with E-state index in [9.17, 15) is 9.18 Å². The van der Waals surface area contributed by atoms with Gasteiger partial charge in [0.25, 0.3) is 0 Å². The van der Waals surface area contributed by atoms with E-state index in [1.54, 1.807) is 31.0 Å². The molecule has 1 N–H and O–H groups in total. The lowest BCUT2D eigenvalue weighted by Gasteiger charge is -2.35. The third-order valence-corrected chi connectivity index (χ3v) is 3.90. The van der Waals surface area contributed by atoms with Crippen LogP contribution in [-0.2, 0) is 11.2 Å². The van der Waals surface area contributed by atoms with Crippen molar-refractivity contribution >= 4 is 12.1 Å². The van der Waals surface area contributed by atoms with Gasteiger partial charge in [-0.15, -0.1) is 0 Å². The first-order valence-corrected chi connectivity index (χ1v) is 8.25. The second kappa shape index (κ2) is 9.10. The van der Waals surface area contributed by atoms with Gasteiger partial charge < -0.3 is 19.9 Å². The molecule has 1 aromatic carbocycles. The zero-order valence-electron chi connectivity index (χ0n) is 14.3. The summed E-state index contributed by atoms with van der Waals surface area (Å²) < 4.78 is 18.2. The fourth-order valence-corrected chi connectivity index (χ4v) is 2.66. The van der Waals surface area contributed by atoms with Gasteiger partial charge in [-0.05, 0) is 31.0 Å². The van der Waals surface area contributed by atoms with Crippen molar-refractivity contribution in [3.05, 3.63) is 35.6 Å². The molecular weight excluding hydrogens is 311 g/mol. The molecule has 0 aromatic heterocycles. The number of benzene rings is 1. The van der Waals surface area contributed by atoms with E-state index >= 15 is 0 Å². The average molecular weight is 336 g/mol. The molecule has 1 aliphatic heterocycles. The maximum Gasteiger partial charge on any atom is 0.409 e. The fraction of sp³-hybridized carbons (Fsp3) is 0.529. The molecule has 1 amide bonds. The molecule has 0 radical (unpaired) electrons. The summed E-state index contributed by atoms with van der Waals surface area (Å²) in [5.74, 6) is 0.585. The number of carbonyl (C=O) groups excluding carboxylic acids is 1. The second-order valence-electron chi connectivity index (χ2n) is 5.53. The van der Waals surface area contributed by atoms with Crippen LogP contribution < -0.4 is 5.32 Å². The number of halogens is 1. The summed E-state index contributed by atoms with van der Waals surface area (Å²) in [7, 11) is 1.74. The van der Waals surface area contributed by atoms with Crippen LogP contribution in [0.1, 0.15) is 12.5 Å². The van der Waals surface area contributed by atoms with Crippen LogP contribution in [0.15, 0.2) is 29.3 Å². The molecule has 0 aliphatic carbocycles. The molecule has 0 spiro atoms. The topological polar surface area (TPSA) is 57.2 Å². The predicted octanol–water partition coefficient (Wildman–Crippen LogP) is 1.72. The van der Waals surface area contributed by atoms with Crippen molar-refractivity contribution in [1.82, 2.24) is 15.1 Å². The lowest BCUT2D eigenvalue weighted by molar-refractivity contribution is 0.0915. The van der Waals surface area contributed by atoms with Gasteiger partial charge in [-0.1, -0.05) is 12.1 Å². The monoisotopic (exact) mass is 336 g/mol. The Balaban J connectivity index is 1.77. The van der Waals surface area contributed by atoms with E-state index in [1.807, 2.05) is 6.07 Å². The Bertz CT molecular complexity index is 571. The molecule has 1 aliphatic rings. The first kappa shape index (κ1) is 18.0. The van der Waals surface area contributed by atoms with Crippen molar-refractivity contribution in [1.29, 1.82) is 0 Å². The SMILES string of the molecule is CCOC(=O)N1CCN(C(=NC)NCCc2cccc(F)c2)CC1. The van der Waals surface area contributed by atoms with Gasteiger partial charge in [-0.25, -0.2) is 9.18 Å². The third kappa shape index (κ3) is 5.11. The van der Waals surface area contributed by atoms with Gasteiger partial charge in [-0.2, -0.15) is 0 Å². The van der Waals surface area contributed by atoms with Gasteiger partial charge in [0, 0.05) is 39.8 Å². The third-order valence-electron chi connectivity index (χ3n) is 3.90. The number of rotatable bonds is 4. The minimum absolute atomic E-state index is 0.216. The molecule has 7 heteroatoms. The Kier molecular flexibility index (Phi) is 6.84. The summed E-state index contributed by atoms with van der Waals surface area (Å²) >= 11 is 0. The maximum absolute atomic E-state index is 13.2. The normalized spacial score (nSPS) is 15.4. The highest BCUT2D eigenvalue weighted by molar-refractivity contribution is 5.80. The second-order valence-corrected chi connectivity index (χ2v) is 5.53. The molecule has 1 heterocycles. The number of piperazine rings is 1. The number of aliphatic imine (C=N–C) groups is 1. The van der Waals surface area contributed by atoms with Crippen LogP contribution in [0.25, 0.3) is 0 Å². The highest BCUT2D eigenvalue weighted by Crippen LogP contribution is 2.06. The minimum atomic E-state index is -0.258. The van der Waals surface area contributed by atoms with Crippen LogP contribution in [0.2, 0.25) is 0 Å². The Morgan fingerprint density at radius 1 is 1.29 bits per heavy atom. The number of carbonyl (C=O) groups is 1. The fourth-order valence-electron chi connectivity index (χ4n) is 2.66. The van der Waals surface area contributed by atoms with E-state index < -0.39 is 0 Å². The van der Waals surface area contributed by atoms with E-state index in [1.165, 1.54) is 6.07 Å². The molecule has 2 rings (SSSR count). The van der Waals surface area contributed by atoms with Crippen molar-refractivity contribution in [3.8, 4) is 0 Å². The highest BCUT2D eigenvalue weighted by atomic mass is 19.1. The summed E-state index contributed by atoms with van der Waals surface area (Å²) in [5.41, 5.74) is 0.949. The van der Waals surface area contributed by atoms with Crippen LogP contribution in [0.5, 0.6) is 0 Å². The smallest absolute Gasteiger partial charge is 0.409 e. The quantitative estimate of drug-likeness (QED) is 0.672. The van der Waals surface area contributed by atoms with Crippen LogP contribution in [-0.4, -0.2) is 68.2 Å². The van der Waals surface area contributed by atoms with Crippen LogP contribution >= 0.6 is 0 Å². The van der Waals surface area contributed by atoms with E-state index in [0.717, 1.165) is 17.9 Å². The van der Waals surface area contributed by atoms with E-state index in [-0.39, 0.29) is 11.9 Å². The van der Waals surface area contributed by atoms with Crippen LogP contribution in [0, 0.1) is 5.82 Å². The van der Waals surface area contributed by atoms with Crippen LogP contribution in [0.4, 0.5) is 9.18 Å². The van der Waals surface area contributed by atoms with Crippen molar-refractivity contribution in [2.75, 3.05) is 46.4 Å². The molecule has 0 unspecified atom stereocenters. The lowest BCUT2D eigenvalue weighted by Crippen LogP contribution is -2.54. The van der Waals surface area contributed by atoms with Gasteiger partial charge >= 0.3 is 6.09 Å². The standard InChI is InChI=1S/C17H25FN4O2/c1-3-24-17(23)22-11-9-21(10-12-22)16(19-2)20-8-7-14-5-4-6-15(18)13-14/h4-6,13H,3,7-12H2,1-2H3,(H,19,20). The summed E-state index contributed by atoms with van der Waals surface area (Å²) in [6, 6.07) is 6.61. The van der Waals surface area contributed by atoms with E-state index in [4.69, 9.17) is 4.74 Å². The van der Waals surface area contributed by atoms with Crippen molar-refractivity contribution in [2.45, 2.75) is 13.3 Å². The molecule has 132 valence electrons. The lowest BCUT2D eigenvalue weighted by atomic mass is 10.1. The first-order chi connectivity index (χ1) is 11.6. The number of ether oxygens (including phenoxy) is 1. The number of amides is 1. The molecule has 0 bridgehead atoms. The van der Waals surface area contributed by atoms with Gasteiger partial charge in [-0.3, -0.25) is 4.99 Å². The molecule has 0 saturated carbocycles. The highest BCUT2D eigenvalue weighted by Gasteiger charge is 2.23. The summed E-state index contributed by atoms with van der Waals surface area (Å²) in [6.45, 7) is 5.51. The van der Waals surface area contributed by atoms with Crippen LogP contribution in [0.3, 0.4) is 0 Å². The van der Waals surface area contributed by atoms with Crippen molar-refractivity contribution in [3.63, 3.8) is 0 Å². The first-order valence-electron chi connectivity index (χ1n) is 8.25. The summed E-state index contributed by atoms with van der Waals surface area (Å²) in [5, 5.41) is 3.30. The van der Waals surface area contributed by atoms with E-state index in [0.29, 0.717) is 39.3 Å². The average Bonchev–Trinajstić information content (AvgIpc) is 2.59. The summed E-state index contributed by atoms with van der Waals surface area (Å²) in [6.07, 6.45) is 0.464. The number of hydrogen-bond acceptors (Lipinski definition) is 3. The Morgan fingerprint density at radius 3 is 2.62 bits per heavy atom. The molecular formula is C17H25FN4O2. The largest absolute Gasteiger partial charge is 0.450 e. The van der Waals surface area contributed by atoms with Crippen molar-refractivity contribution < 1.29 is 13.9 Å². The molecule has 24 heavy (non-hydrogen) atoms. The number of guanidine groups is 1. The van der Waals surface area contributed by atoms with Gasteiger partial charge in [0.15, 0.2) is 5.96 Å². The zero-order valence-corrected chi connectivity index (χ0v) is 14.3. The molecule has 0 atom stereocenters. The maximum atomic E-state index is 13.2. The van der Waals surface area contributed by atoms with E-state index in [2.05, 4.69) is 15.2 Å². The molecule has 1 aromatic rings. The predicted molar refractivity (Wildman–Crippen MR) is 91.6 cm³/mol. The van der Waals surface area contributed by atoms with Gasteiger partial charge in [0.1, 0.15) is 5.82 Å². The van der Waals surface area contributed by atoms with Gasteiger partial charge in [0.2, 0.25) is 0 Å². The number of hydrogen-bond donors (Lipinski definition) is 1. The summed E-state index contributed by atoms with van der Waals surface area (Å²) in [4.78, 5) is 19.8. The number of nitrogens with zero attached hydrogens (tertiary/aromatic N) is 3. The molecule has 1 saturated heterocycles. The minimum Gasteiger partial charge on any atom is -0.450 e. The molecule has 1 fully saturated rings. The number of nitrogens with one attached hydrogen (secondary N) is 1. The van der Waals surface area contributed by atoms with Crippen molar-refractivity contribution in [2.24, 2.45) is 4.99 Å². The Hall–Kier alpha value is -2.31.